The Bertz CT molecular complexity index is 869. The molecule has 0 aromatic heterocycles. The zero-order valence-corrected chi connectivity index (χ0v) is 17.4. The Morgan fingerprint density at radius 2 is 1.79 bits per heavy atom. The van der Waals surface area contributed by atoms with Gasteiger partial charge in [-0.15, -0.1) is 0 Å². The first-order valence-electron chi connectivity index (χ1n) is 9.25. The van der Waals surface area contributed by atoms with Gasteiger partial charge in [0, 0.05) is 37.8 Å². The van der Waals surface area contributed by atoms with E-state index in [1.54, 1.807) is 24.3 Å². The summed E-state index contributed by atoms with van der Waals surface area (Å²) in [6, 6.07) is 12.2. The lowest BCUT2D eigenvalue weighted by atomic mass is 10.1. The highest BCUT2D eigenvalue weighted by molar-refractivity contribution is 6.42. The van der Waals surface area contributed by atoms with Gasteiger partial charge < -0.3 is 4.90 Å². The molecule has 3 rings (SSSR count). The summed E-state index contributed by atoms with van der Waals surface area (Å²) in [6.45, 7) is 6.32. The third kappa shape index (κ3) is 5.13. The van der Waals surface area contributed by atoms with E-state index < -0.39 is 0 Å². The molecule has 1 fully saturated rings. The molecular weight excluding hydrogens is 398 g/mol. The molecule has 1 amide bonds. The fourth-order valence-electron chi connectivity index (χ4n) is 3.43. The number of piperazine rings is 1. The second-order valence-electron chi connectivity index (χ2n) is 7.25. The molecular formula is C22H23Cl2FN2O. The van der Waals surface area contributed by atoms with Crippen LogP contribution in [0, 0.1) is 5.82 Å². The van der Waals surface area contributed by atoms with Crippen molar-refractivity contribution in [3.63, 3.8) is 0 Å². The predicted octanol–water partition coefficient (Wildman–Crippen LogP) is 5.27. The van der Waals surface area contributed by atoms with E-state index in [4.69, 9.17) is 23.2 Å². The van der Waals surface area contributed by atoms with Crippen molar-refractivity contribution in [2.75, 3.05) is 13.1 Å². The van der Waals surface area contributed by atoms with Crippen LogP contribution in [0.15, 0.2) is 48.5 Å². The summed E-state index contributed by atoms with van der Waals surface area (Å²) < 4.78 is 13.1. The molecule has 2 aromatic carbocycles. The largest absolute Gasteiger partial charge is 0.334 e. The van der Waals surface area contributed by atoms with Crippen LogP contribution in [0.1, 0.15) is 25.0 Å². The van der Waals surface area contributed by atoms with E-state index in [1.165, 1.54) is 12.1 Å². The van der Waals surface area contributed by atoms with Gasteiger partial charge in [-0.3, -0.25) is 9.69 Å². The minimum absolute atomic E-state index is 0.0214. The van der Waals surface area contributed by atoms with Gasteiger partial charge in [-0.2, -0.15) is 0 Å². The second kappa shape index (κ2) is 9.08. The summed E-state index contributed by atoms with van der Waals surface area (Å²) in [6.07, 6.45) is 3.34. The number of carbonyl (C=O) groups is 1. The second-order valence-corrected chi connectivity index (χ2v) is 8.07. The first-order valence-corrected chi connectivity index (χ1v) is 10.0. The van der Waals surface area contributed by atoms with Gasteiger partial charge in [-0.25, -0.2) is 4.39 Å². The quantitative estimate of drug-likeness (QED) is 0.629. The molecule has 0 spiro atoms. The summed E-state index contributed by atoms with van der Waals surface area (Å²) in [4.78, 5) is 16.9. The highest BCUT2D eigenvalue weighted by Crippen LogP contribution is 2.23. The number of benzene rings is 2. The van der Waals surface area contributed by atoms with Crippen LogP contribution in [0.25, 0.3) is 6.08 Å². The lowest BCUT2D eigenvalue weighted by molar-refractivity contribution is -0.131. The lowest BCUT2D eigenvalue weighted by Gasteiger charge is -2.44. The Labute approximate surface area is 175 Å². The van der Waals surface area contributed by atoms with E-state index in [0.717, 1.165) is 24.2 Å². The fourth-order valence-corrected chi connectivity index (χ4v) is 3.74. The SMILES string of the molecule is C[C@@H]1CN(C(=O)C=Cc2ccc(Cl)c(Cl)c2)[C@@H](C)CN1Cc1ccc(F)cc1. The molecule has 1 heterocycles. The number of hydrogen-bond acceptors (Lipinski definition) is 2. The summed E-state index contributed by atoms with van der Waals surface area (Å²) >= 11 is 11.9. The fraction of sp³-hybridized carbons (Fsp3) is 0.318. The molecule has 0 bridgehead atoms. The van der Waals surface area contributed by atoms with Gasteiger partial charge in [-0.05, 0) is 55.3 Å². The van der Waals surface area contributed by atoms with Gasteiger partial charge in [0.05, 0.1) is 10.0 Å². The zero-order valence-electron chi connectivity index (χ0n) is 15.9. The van der Waals surface area contributed by atoms with E-state index in [2.05, 4.69) is 18.7 Å². The molecule has 1 aliphatic rings. The van der Waals surface area contributed by atoms with Crippen LogP contribution in [-0.2, 0) is 11.3 Å². The monoisotopic (exact) mass is 420 g/mol. The van der Waals surface area contributed by atoms with Crippen molar-refractivity contribution in [1.29, 1.82) is 0 Å². The minimum atomic E-state index is -0.227. The van der Waals surface area contributed by atoms with Gasteiger partial charge in [0.2, 0.25) is 5.91 Å². The lowest BCUT2D eigenvalue weighted by Crippen LogP contribution is -2.57. The maximum atomic E-state index is 13.1. The van der Waals surface area contributed by atoms with Crippen LogP contribution >= 0.6 is 23.2 Å². The molecule has 0 N–H and O–H groups in total. The number of halogens is 3. The van der Waals surface area contributed by atoms with E-state index in [0.29, 0.717) is 16.6 Å². The predicted molar refractivity (Wildman–Crippen MR) is 113 cm³/mol. The molecule has 2 aromatic rings. The van der Waals surface area contributed by atoms with Crippen molar-refractivity contribution in [1.82, 2.24) is 9.80 Å². The molecule has 2 atom stereocenters. The first kappa shape index (κ1) is 20.8. The Morgan fingerprint density at radius 1 is 1.07 bits per heavy atom. The number of carbonyl (C=O) groups excluding carboxylic acids is 1. The highest BCUT2D eigenvalue weighted by Gasteiger charge is 2.30. The van der Waals surface area contributed by atoms with Crippen LogP contribution in [0.2, 0.25) is 10.0 Å². The molecule has 28 heavy (non-hydrogen) atoms. The van der Waals surface area contributed by atoms with Crippen molar-refractivity contribution in [2.24, 2.45) is 0 Å². The van der Waals surface area contributed by atoms with Crippen molar-refractivity contribution in [2.45, 2.75) is 32.5 Å². The molecule has 3 nitrogen and oxygen atoms in total. The molecule has 1 saturated heterocycles. The van der Waals surface area contributed by atoms with Crippen LogP contribution in [0.5, 0.6) is 0 Å². The topological polar surface area (TPSA) is 23.6 Å². The van der Waals surface area contributed by atoms with Gasteiger partial charge in [0.25, 0.3) is 0 Å². The van der Waals surface area contributed by atoms with Gasteiger partial charge in [0.1, 0.15) is 5.82 Å². The van der Waals surface area contributed by atoms with E-state index in [1.807, 2.05) is 23.1 Å². The van der Waals surface area contributed by atoms with Crippen LogP contribution < -0.4 is 0 Å². The van der Waals surface area contributed by atoms with E-state index >= 15 is 0 Å². The third-order valence-electron chi connectivity index (χ3n) is 5.06. The summed E-state index contributed by atoms with van der Waals surface area (Å²) in [7, 11) is 0. The number of rotatable bonds is 4. The highest BCUT2D eigenvalue weighted by atomic mass is 35.5. The Balaban J connectivity index is 1.62. The summed E-state index contributed by atoms with van der Waals surface area (Å²) in [5.41, 5.74) is 1.90. The molecule has 1 aliphatic heterocycles. The third-order valence-corrected chi connectivity index (χ3v) is 5.80. The van der Waals surface area contributed by atoms with Crippen molar-refractivity contribution < 1.29 is 9.18 Å². The zero-order chi connectivity index (χ0) is 20.3. The first-order chi connectivity index (χ1) is 13.3. The Morgan fingerprint density at radius 3 is 2.46 bits per heavy atom. The van der Waals surface area contributed by atoms with Gasteiger partial charge >= 0.3 is 0 Å². The van der Waals surface area contributed by atoms with Crippen LogP contribution in [0.3, 0.4) is 0 Å². The summed E-state index contributed by atoms with van der Waals surface area (Å²) in [5, 5.41) is 0.956. The van der Waals surface area contributed by atoms with Crippen molar-refractivity contribution in [3.05, 3.63) is 75.5 Å². The number of nitrogens with zero attached hydrogens (tertiary/aromatic N) is 2. The maximum absolute atomic E-state index is 13.1. The normalized spacial score (nSPS) is 20.7. The van der Waals surface area contributed by atoms with Gasteiger partial charge in [-0.1, -0.05) is 41.4 Å². The molecule has 0 aliphatic carbocycles. The smallest absolute Gasteiger partial charge is 0.246 e. The maximum Gasteiger partial charge on any atom is 0.246 e. The molecule has 6 heteroatoms. The van der Waals surface area contributed by atoms with Gasteiger partial charge in [0.15, 0.2) is 0 Å². The average Bonchev–Trinajstić information content (AvgIpc) is 2.67. The number of hydrogen-bond donors (Lipinski definition) is 0. The average molecular weight is 421 g/mol. The molecule has 0 unspecified atom stereocenters. The molecule has 0 saturated carbocycles. The van der Waals surface area contributed by atoms with Crippen molar-refractivity contribution >= 4 is 35.2 Å². The van der Waals surface area contributed by atoms with Crippen molar-refractivity contribution in [3.8, 4) is 0 Å². The standard InChI is InChI=1S/C22H23Cl2FN2O/c1-15-13-27(22(28)10-6-17-5-9-20(23)21(24)11-17)16(2)12-26(15)14-18-3-7-19(25)8-4-18/h3-11,15-16H,12-14H2,1-2H3/t15-,16+/m1/s1. The number of amides is 1. The Hall–Kier alpha value is -1.88. The molecule has 0 radical (unpaired) electrons. The molecule has 148 valence electrons. The van der Waals surface area contributed by atoms with Crippen LogP contribution in [-0.4, -0.2) is 40.9 Å². The Kier molecular flexibility index (Phi) is 6.76. The summed E-state index contributed by atoms with van der Waals surface area (Å²) in [5.74, 6) is -0.249. The van der Waals surface area contributed by atoms with Crippen LogP contribution in [0.4, 0.5) is 4.39 Å². The minimum Gasteiger partial charge on any atom is -0.334 e. The van der Waals surface area contributed by atoms with E-state index in [9.17, 15) is 9.18 Å². The van der Waals surface area contributed by atoms with E-state index in [-0.39, 0.29) is 23.8 Å².